The zero-order valence-electron chi connectivity index (χ0n) is 12.0. The van der Waals surface area contributed by atoms with Gasteiger partial charge in [-0.15, -0.1) is 0 Å². The molecular formula is C16H26N2O. The quantitative estimate of drug-likeness (QED) is 0.816. The van der Waals surface area contributed by atoms with Crippen molar-refractivity contribution in [1.29, 1.82) is 0 Å². The molecule has 2 rings (SSSR count). The van der Waals surface area contributed by atoms with Crippen molar-refractivity contribution in [3.8, 4) is 5.75 Å². The Labute approximate surface area is 116 Å². The van der Waals surface area contributed by atoms with E-state index in [1.165, 1.54) is 32.4 Å². The number of nitrogens with one attached hydrogen (secondary N) is 1. The predicted octanol–water partition coefficient (Wildman–Crippen LogP) is 2.39. The van der Waals surface area contributed by atoms with E-state index in [2.05, 4.69) is 10.2 Å². The van der Waals surface area contributed by atoms with Crippen LogP contribution in [0, 0.1) is 5.92 Å². The Morgan fingerprint density at radius 3 is 2.63 bits per heavy atom. The van der Waals surface area contributed by atoms with E-state index in [1.807, 2.05) is 37.4 Å². The number of piperidine rings is 1. The van der Waals surface area contributed by atoms with Gasteiger partial charge in [-0.05, 0) is 64.0 Å². The number of para-hydroxylation sites is 1. The Morgan fingerprint density at radius 1 is 1.21 bits per heavy atom. The van der Waals surface area contributed by atoms with E-state index in [4.69, 9.17) is 4.74 Å². The molecule has 0 unspecified atom stereocenters. The molecule has 1 N–H and O–H groups in total. The molecule has 0 aliphatic carbocycles. The van der Waals surface area contributed by atoms with Crippen molar-refractivity contribution in [3.63, 3.8) is 0 Å². The summed E-state index contributed by atoms with van der Waals surface area (Å²) in [7, 11) is 2.04. The fourth-order valence-electron chi connectivity index (χ4n) is 2.66. The predicted molar refractivity (Wildman–Crippen MR) is 79.6 cm³/mol. The SMILES string of the molecule is CNCCC1CCN(CCOc2ccccc2)CC1. The molecule has 3 heteroatoms. The first-order valence-electron chi connectivity index (χ1n) is 7.43. The number of ether oxygens (including phenoxy) is 1. The molecule has 0 bridgehead atoms. The van der Waals surface area contributed by atoms with Crippen LogP contribution in [0.25, 0.3) is 0 Å². The van der Waals surface area contributed by atoms with Crippen molar-refractivity contribution in [2.45, 2.75) is 19.3 Å². The van der Waals surface area contributed by atoms with Crippen molar-refractivity contribution in [3.05, 3.63) is 30.3 Å². The highest BCUT2D eigenvalue weighted by atomic mass is 16.5. The fraction of sp³-hybridized carbons (Fsp3) is 0.625. The van der Waals surface area contributed by atoms with Gasteiger partial charge in [-0.3, -0.25) is 4.90 Å². The minimum atomic E-state index is 0.797. The molecule has 0 spiro atoms. The molecule has 19 heavy (non-hydrogen) atoms. The van der Waals surface area contributed by atoms with Gasteiger partial charge in [0, 0.05) is 6.54 Å². The third-order valence-electron chi connectivity index (χ3n) is 3.93. The summed E-state index contributed by atoms with van der Waals surface area (Å²) in [5, 5.41) is 3.25. The highest BCUT2D eigenvalue weighted by molar-refractivity contribution is 5.20. The van der Waals surface area contributed by atoms with Crippen LogP contribution >= 0.6 is 0 Å². The highest BCUT2D eigenvalue weighted by Crippen LogP contribution is 2.19. The van der Waals surface area contributed by atoms with Crippen LogP contribution in [0.3, 0.4) is 0 Å². The third kappa shape index (κ3) is 5.21. The first kappa shape index (κ1) is 14.4. The summed E-state index contributed by atoms with van der Waals surface area (Å²) in [5.74, 6) is 1.89. The van der Waals surface area contributed by atoms with Crippen molar-refractivity contribution < 1.29 is 4.74 Å². The fourth-order valence-corrected chi connectivity index (χ4v) is 2.66. The van der Waals surface area contributed by atoms with Crippen LogP contribution in [0.5, 0.6) is 5.75 Å². The van der Waals surface area contributed by atoms with Gasteiger partial charge >= 0.3 is 0 Å². The van der Waals surface area contributed by atoms with Crippen LogP contribution < -0.4 is 10.1 Å². The molecule has 1 fully saturated rings. The lowest BCUT2D eigenvalue weighted by Gasteiger charge is -2.31. The maximum Gasteiger partial charge on any atom is 0.119 e. The average molecular weight is 262 g/mol. The molecule has 0 amide bonds. The number of likely N-dealkylation sites (tertiary alicyclic amines) is 1. The molecule has 1 aromatic carbocycles. The summed E-state index contributed by atoms with van der Waals surface area (Å²) in [5.41, 5.74) is 0. The Kier molecular flexibility index (Phi) is 6.18. The van der Waals surface area contributed by atoms with Gasteiger partial charge in [0.1, 0.15) is 12.4 Å². The molecule has 1 heterocycles. The van der Waals surface area contributed by atoms with Gasteiger partial charge in [-0.25, -0.2) is 0 Å². The summed E-state index contributed by atoms with van der Waals surface area (Å²) in [6.45, 7) is 5.46. The first-order chi connectivity index (χ1) is 9.38. The molecule has 0 saturated carbocycles. The molecule has 1 aliphatic heterocycles. The van der Waals surface area contributed by atoms with E-state index in [0.717, 1.165) is 31.4 Å². The lowest BCUT2D eigenvalue weighted by atomic mass is 9.93. The van der Waals surface area contributed by atoms with E-state index < -0.39 is 0 Å². The summed E-state index contributed by atoms with van der Waals surface area (Å²) in [6, 6.07) is 10.1. The zero-order valence-corrected chi connectivity index (χ0v) is 12.0. The van der Waals surface area contributed by atoms with Crippen LogP contribution in [0.1, 0.15) is 19.3 Å². The molecule has 106 valence electrons. The monoisotopic (exact) mass is 262 g/mol. The maximum absolute atomic E-state index is 5.75. The van der Waals surface area contributed by atoms with Gasteiger partial charge in [-0.1, -0.05) is 18.2 Å². The van der Waals surface area contributed by atoms with E-state index in [1.54, 1.807) is 0 Å². The van der Waals surface area contributed by atoms with Crippen LogP contribution in [0.4, 0.5) is 0 Å². The lowest BCUT2D eigenvalue weighted by molar-refractivity contribution is 0.151. The topological polar surface area (TPSA) is 24.5 Å². The molecule has 0 aromatic heterocycles. The number of rotatable bonds is 7. The largest absolute Gasteiger partial charge is 0.492 e. The first-order valence-corrected chi connectivity index (χ1v) is 7.43. The van der Waals surface area contributed by atoms with Crippen molar-refractivity contribution in [1.82, 2.24) is 10.2 Å². The second kappa shape index (κ2) is 8.18. The van der Waals surface area contributed by atoms with Crippen molar-refractivity contribution in [2.24, 2.45) is 5.92 Å². The van der Waals surface area contributed by atoms with Crippen LogP contribution in [0.2, 0.25) is 0 Å². The number of hydrogen-bond donors (Lipinski definition) is 1. The third-order valence-corrected chi connectivity index (χ3v) is 3.93. The minimum absolute atomic E-state index is 0.797. The Balaban J connectivity index is 1.58. The van der Waals surface area contributed by atoms with Gasteiger partial charge in [0.25, 0.3) is 0 Å². The Hall–Kier alpha value is -1.06. The molecule has 1 aromatic rings. The standard InChI is InChI=1S/C16H26N2O/c1-17-10-7-15-8-11-18(12-9-15)13-14-19-16-5-3-2-4-6-16/h2-6,15,17H,7-14H2,1H3. The number of hydrogen-bond acceptors (Lipinski definition) is 3. The summed E-state index contributed by atoms with van der Waals surface area (Å²) in [4.78, 5) is 2.53. The number of benzene rings is 1. The summed E-state index contributed by atoms with van der Waals surface area (Å²) >= 11 is 0. The molecule has 0 radical (unpaired) electrons. The molecule has 1 aliphatic rings. The lowest BCUT2D eigenvalue weighted by Crippen LogP contribution is -2.37. The van der Waals surface area contributed by atoms with Crippen LogP contribution in [-0.2, 0) is 0 Å². The zero-order chi connectivity index (χ0) is 13.3. The normalized spacial score (nSPS) is 17.5. The van der Waals surface area contributed by atoms with Gasteiger partial charge in [-0.2, -0.15) is 0 Å². The van der Waals surface area contributed by atoms with Crippen molar-refractivity contribution in [2.75, 3.05) is 39.8 Å². The van der Waals surface area contributed by atoms with Crippen molar-refractivity contribution >= 4 is 0 Å². The van der Waals surface area contributed by atoms with E-state index in [0.29, 0.717) is 0 Å². The second-order valence-corrected chi connectivity index (χ2v) is 5.34. The molecule has 3 nitrogen and oxygen atoms in total. The van der Waals surface area contributed by atoms with Crippen LogP contribution in [-0.4, -0.2) is 44.7 Å². The van der Waals surface area contributed by atoms with Gasteiger partial charge < -0.3 is 10.1 Å². The van der Waals surface area contributed by atoms with E-state index in [9.17, 15) is 0 Å². The molecule has 1 saturated heterocycles. The van der Waals surface area contributed by atoms with Gasteiger partial charge in [0.15, 0.2) is 0 Å². The smallest absolute Gasteiger partial charge is 0.119 e. The van der Waals surface area contributed by atoms with E-state index in [-0.39, 0.29) is 0 Å². The number of nitrogens with zero attached hydrogens (tertiary/aromatic N) is 1. The van der Waals surface area contributed by atoms with E-state index >= 15 is 0 Å². The average Bonchev–Trinajstić information content (AvgIpc) is 2.47. The summed E-state index contributed by atoms with van der Waals surface area (Å²) < 4.78 is 5.75. The minimum Gasteiger partial charge on any atom is -0.492 e. The maximum atomic E-state index is 5.75. The van der Waals surface area contributed by atoms with Gasteiger partial charge in [0.2, 0.25) is 0 Å². The summed E-state index contributed by atoms with van der Waals surface area (Å²) in [6.07, 6.45) is 4.00. The van der Waals surface area contributed by atoms with Crippen LogP contribution in [0.15, 0.2) is 30.3 Å². The molecular weight excluding hydrogens is 236 g/mol. The Morgan fingerprint density at radius 2 is 1.95 bits per heavy atom. The second-order valence-electron chi connectivity index (χ2n) is 5.34. The molecule has 0 atom stereocenters. The van der Waals surface area contributed by atoms with Gasteiger partial charge in [0.05, 0.1) is 0 Å². The highest BCUT2D eigenvalue weighted by Gasteiger charge is 2.18. The Bertz CT molecular complexity index is 334.